The molecule has 1 fully saturated rings. The van der Waals surface area contributed by atoms with Crippen LogP contribution in [-0.2, 0) is 4.79 Å². The molecule has 1 saturated heterocycles. The fraction of sp³-hybridized carbons (Fsp3) is 0.467. The first-order chi connectivity index (χ1) is 10.9. The maximum Gasteiger partial charge on any atom is 0.255 e. The minimum absolute atomic E-state index is 0.0524. The van der Waals surface area contributed by atoms with Crippen LogP contribution in [0.25, 0.3) is 0 Å². The summed E-state index contributed by atoms with van der Waals surface area (Å²) < 4.78 is 13.6. The van der Waals surface area contributed by atoms with E-state index in [2.05, 4.69) is 5.32 Å². The Bertz CT molecular complexity index is 613. The predicted molar refractivity (Wildman–Crippen MR) is 87.1 cm³/mol. The van der Waals surface area contributed by atoms with Gasteiger partial charge in [-0.3, -0.25) is 9.59 Å². The Balaban J connectivity index is 2.10. The van der Waals surface area contributed by atoms with Crippen LogP contribution in [0.2, 0.25) is 10.0 Å². The van der Waals surface area contributed by atoms with E-state index in [-0.39, 0.29) is 34.0 Å². The van der Waals surface area contributed by atoms with Crippen LogP contribution in [-0.4, -0.2) is 42.9 Å². The van der Waals surface area contributed by atoms with E-state index >= 15 is 0 Å². The molecule has 8 heteroatoms. The van der Waals surface area contributed by atoms with E-state index in [0.717, 1.165) is 6.07 Å². The molecule has 1 aromatic carbocycles. The molecule has 0 spiro atoms. The van der Waals surface area contributed by atoms with Crippen LogP contribution in [0, 0.1) is 11.7 Å². The summed E-state index contributed by atoms with van der Waals surface area (Å²) in [5, 5.41) is 2.68. The molecule has 1 aromatic rings. The molecule has 2 rings (SSSR count). The summed E-state index contributed by atoms with van der Waals surface area (Å²) in [4.78, 5) is 26.1. The van der Waals surface area contributed by atoms with Gasteiger partial charge in [-0.05, 0) is 25.0 Å². The van der Waals surface area contributed by atoms with E-state index in [1.165, 1.54) is 11.0 Å². The first-order valence-electron chi connectivity index (χ1n) is 7.35. The molecule has 0 radical (unpaired) electrons. The third-order valence-electron chi connectivity index (χ3n) is 3.76. The number of halogens is 3. The average Bonchev–Trinajstić information content (AvgIpc) is 2.55. The standard InChI is InChI=1S/C15H18Cl2FN3O2/c16-11-7-12(17)13(18)6-10(11)15(23)21-5-1-2-9(8-21)14(22)20-4-3-19/h6-7,9H,1-5,8,19H2,(H,20,22). The molecule has 23 heavy (non-hydrogen) atoms. The molecule has 0 saturated carbocycles. The van der Waals surface area contributed by atoms with Crippen molar-refractivity contribution in [1.29, 1.82) is 0 Å². The van der Waals surface area contributed by atoms with Gasteiger partial charge < -0.3 is 16.0 Å². The largest absolute Gasteiger partial charge is 0.355 e. The highest BCUT2D eigenvalue weighted by atomic mass is 35.5. The number of nitrogens with one attached hydrogen (secondary N) is 1. The van der Waals surface area contributed by atoms with E-state index in [0.29, 0.717) is 32.5 Å². The lowest BCUT2D eigenvalue weighted by atomic mass is 9.96. The summed E-state index contributed by atoms with van der Waals surface area (Å²) in [6, 6.07) is 2.24. The van der Waals surface area contributed by atoms with Gasteiger partial charge in [0.2, 0.25) is 5.91 Å². The first kappa shape index (κ1) is 18.0. The number of hydrogen-bond acceptors (Lipinski definition) is 3. The minimum atomic E-state index is -0.700. The number of likely N-dealkylation sites (tertiary alicyclic amines) is 1. The maximum atomic E-state index is 13.6. The Kier molecular flexibility index (Phi) is 6.21. The Hall–Kier alpha value is -1.37. The summed E-state index contributed by atoms with van der Waals surface area (Å²) in [7, 11) is 0. The molecule has 1 aliphatic rings. The zero-order chi connectivity index (χ0) is 17.0. The van der Waals surface area contributed by atoms with E-state index in [9.17, 15) is 14.0 Å². The number of carbonyl (C=O) groups excluding carboxylic acids is 2. The number of nitrogens with two attached hydrogens (primary N) is 1. The molecular weight excluding hydrogens is 344 g/mol. The lowest BCUT2D eigenvalue weighted by Crippen LogP contribution is -2.46. The predicted octanol–water partition coefficient (Wildman–Crippen LogP) is 2.06. The summed E-state index contributed by atoms with van der Waals surface area (Å²) in [6.45, 7) is 1.54. The highest BCUT2D eigenvalue weighted by Crippen LogP contribution is 2.27. The van der Waals surface area contributed by atoms with Crippen LogP contribution in [0.3, 0.4) is 0 Å². The zero-order valence-corrected chi connectivity index (χ0v) is 14.0. The monoisotopic (exact) mass is 361 g/mol. The molecule has 0 bridgehead atoms. The average molecular weight is 362 g/mol. The molecule has 1 unspecified atom stereocenters. The van der Waals surface area contributed by atoms with Gasteiger partial charge in [-0.25, -0.2) is 4.39 Å². The summed E-state index contributed by atoms with van der Waals surface area (Å²) in [5.74, 6) is -1.52. The van der Waals surface area contributed by atoms with E-state index in [1.807, 2.05) is 0 Å². The van der Waals surface area contributed by atoms with Gasteiger partial charge in [-0.15, -0.1) is 0 Å². The van der Waals surface area contributed by atoms with Crippen molar-refractivity contribution in [1.82, 2.24) is 10.2 Å². The van der Waals surface area contributed by atoms with Gasteiger partial charge in [0.15, 0.2) is 0 Å². The molecular formula is C15H18Cl2FN3O2. The number of carbonyl (C=O) groups is 2. The number of nitrogens with zero attached hydrogens (tertiary/aromatic N) is 1. The molecule has 3 N–H and O–H groups in total. The molecule has 5 nitrogen and oxygen atoms in total. The molecule has 126 valence electrons. The second-order valence-corrected chi connectivity index (χ2v) is 6.23. The quantitative estimate of drug-likeness (QED) is 0.806. The van der Waals surface area contributed by atoms with Crippen LogP contribution in [0.15, 0.2) is 12.1 Å². The van der Waals surface area contributed by atoms with Crippen molar-refractivity contribution >= 4 is 35.0 Å². The van der Waals surface area contributed by atoms with E-state index in [1.54, 1.807) is 0 Å². The van der Waals surface area contributed by atoms with Crippen LogP contribution in [0.5, 0.6) is 0 Å². The highest BCUT2D eigenvalue weighted by Gasteiger charge is 2.29. The molecule has 0 aliphatic carbocycles. The van der Waals surface area contributed by atoms with Crippen molar-refractivity contribution < 1.29 is 14.0 Å². The van der Waals surface area contributed by atoms with Gasteiger partial charge in [-0.1, -0.05) is 23.2 Å². The van der Waals surface area contributed by atoms with Gasteiger partial charge in [0.05, 0.1) is 21.5 Å². The van der Waals surface area contributed by atoms with E-state index < -0.39 is 11.7 Å². The number of benzene rings is 1. The Morgan fingerprint density at radius 3 is 2.78 bits per heavy atom. The highest BCUT2D eigenvalue weighted by molar-refractivity contribution is 6.36. The minimum Gasteiger partial charge on any atom is -0.355 e. The fourth-order valence-corrected chi connectivity index (χ4v) is 3.04. The van der Waals surface area contributed by atoms with Gasteiger partial charge in [-0.2, -0.15) is 0 Å². The third kappa shape index (κ3) is 4.34. The normalized spacial score (nSPS) is 17.9. The van der Waals surface area contributed by atoms with Gasteiger partial charge >= 0.3 is 0 Å². The van der Waals surface area contributed by atoms with Crippen molar-refractivity contribution in [3.63, 3.8) is 0 Å². The van der Waals surface area contributed by atoms with Crippen molar-refractivity contribution in [2.75, 3.05) is 26.2 Å². The maximum absolute atomic E-state index is 13.6. The van der Waals surface area contributed by atoms with Gasteiger partial charge in [0.1, 0.15) is 5.82 Å². The van der Waals surface area contributed by atoms with Crippen LogP contribution in [0.1, 0.15) is 23.2 Å². The van der Waals surface area contributed by atoms with Crippen molar-refractivity contribution in [3.8, 4) is 0 Å². The molecule has 0 aromatic heterocycles. The molecule has 1 atom stereocenters. The fourth-order valence-electron chi connectivity index (χ4n) is 2.57. The third-order valence-corrected chi connectivity index (χ3v) is 4.37. The summed E-state index contributed by atoms with van der Waals surface area (Å²) >= 11 is 11.6. The van der Waals surface area contributed by atoms with Crippen LogP contribution < -0.4 is 11.1 Å². The molecule has 1 heterocycles. The van der Waals surface area contributed by atoms with Crippen LogP contribution >= 0.6 is 23.2 Å². The Morgan fingerprint density at radius 2 is 2.09 bits per heavy atom. The molecule has 2 amide bonds. The lowest BCUT2D eigenvalue weighted by molar-refractivity contribution is -0.126. The second-order valence-electron chi connectivity index (χ2n) is 5.42. The summed E-state index contributed by atoms with van der Waals surface area (Å²) in [6.07, 6.45) is 1.39. The SMILES string of the molecule is NCCNC(=O)C1CCCN(C(=O)c2cc(F)c(Cl)cc2Cl)C1. The van der Waals surface area contributed by atoms with Crippen molar-refractivity contribution in [2.24, 2.45) is 11.7 Å². The number of rotatable bonds is 4. The van der Waals surface area contributed by atoms with Gasteiger partial charge in [0.25, 0.3) is 5.91 Å². The first-order valence-corrected chi connectivity index (χ1v) is 8.11. The lowest BCUT2D eigenvalue weighted by Gasteiger charge is -2.32. The van der Waals surface area contributed by atoms with Crippen LogP contribution in [0.4, 0.5) is 4.39 Å². The van der Waals surface area contributed by atoms with Crippen molar-refractivity contribution in [3.05, 3.63) is 33.6 Å². The Labute approximate surface area is 143 Å². The van der Waals surface area contributed by atoms with E-state index in [4.69, 9.17) is 28.9 Å². The topological polar surface area (TPSA) is 75.4 Å². The van der Waals surface area contributed by atoms with Crippen molar-refractivity contribution in [2.45, 2.75) is 12.8 Å². The zero-order valence-electron chi connectivity index (χ0n) is 12.4. The number of amides is 2. The molecule has 1 aliphatic heterocycles. The Morgan fingerprint density at radius 1 is 1.35 bits per heavy atom. The van der Waals surface area contributed by atoms with Gasteiger partial charge in [0, 0.05) is 26.2 Å². The smallest absolute Gasteiger partial charge is 0.255 e. The second kappa shape index (κ2) is 7.95. The summed E-state index contributed by atoms with van der Waals surface area (Å²) in [5.41, 5.74) is 5.41. The number of hydrogen-bond donors (Lipinski definition) is 2. The number of piperidine rings is 1.